The lowest BCUT2D eigenvalue weighted by Gasteiger charge is -2.29. The van der Waals surface area contributed by atoms with Crippen LogP contribution >= 0.6 is 23.2 Å². The lowest BCUT2D eigenvalue weighted by atomic mass is 9.85. The highest BCUT2D eigenvalue weighted by molar-refractivity contribution is 6.31. The first-order valence-electron chi connectivity index (χ1n) is 9.43. The summed E-state index contributed by atoms with van der Waals surface area (Å²) in [7, 11) is 0. The lowest BCUT2D eigenvalue weighted by Crippen LogP contribution is -3.16. The summed E-state index contributed by atoms with van der Waals surface area (Å²) in [6.45, 7) is 7.30. The van der Waals surface area contributed by atoms with Crippen LogP contribution in [0.1, 0.15) is 31.9 Å². The van der Waals surface area contributed by atoms with Gasteiger partial charge in [0.15, 0.2) is 11.6 Å². The first-order valence-corrected chi connectivity index (χ1v) is 10.2. The second kappa shape index (κ2) is 10.1. The molecule has 0 aliphatic carbocycles. The first kappa shape index (κ1) is 23.2. The van der Waals surface area contributed by atoms with E-state index in [2.05, 4.69) is 10.9 Å². The largest absolute Gasteiger partial charge is 0.372 e. The van der Waals surface area contributed by atoms with E-state index in [0.29, 0.717) is 15.6 Å². The zero-order valence-electron chi connectivity index (χ0n) is 16.6. The smallest absolute Gasteiger partial charge is 0.296 e. The third-order valence-electron chi connectivity index (χ3n) is 5.05. The molecule has 0 aliphatic rings. The van der Waals surface area contributed by atoms with Crippen molar-refractivity contribution in [2.45, 2.75) is 32.4 Å². The van der Waals surface area contributed by atoms with E-state index in [1.165, 1.54) is 6.07 Å². The fourth-order valence-corrected chi connectivity index (χ4v) is 3.51. The summed E-state index contributed by atoms with van der Waals surface area (Å²) < 4.78 is 0. The summed E-state index contributed by atoms with van der Waals surface area (Å²) in [5, 5.41) is 12.3. The molecular weight excluding hydrogens is 413 g/mol. The highest BCUT2D eigenvalue weighted by Crippen LogP contribution is 2.32. The van der Waals surface area contributed by atoms with Crippen molar-refractivity contribution in [1.29, 1.82) is 0 Å². The molecule has 0 saturated heterocycles. The minimum absolute atomic E-state index is 0.265. The van der Waals surface area contributed by atoms with Gasteiger partial charge in [-0.1, -0.05) is 47.5 Å². The highest BCUT2D eigenvalue weighted by Gasteiger charge is 2.40. The average Bonchev–Trinajstić information content (AvgIpc) is 2.72. The summed E-state index contributed by atoms with van der Waals surface area (Å²) in [6.07, 6.45) is 0. The molecule has 156 valence electrons. The van der Waals surface area contributed by atoms with Gasteiger partial charge in [0.25, 0.3) is 11.8 Å². The third kappa shape index (κ3) is 5.28. The van der Waals surface area contributed by atoms with Gasteiger partial charge in [0, 0.05) is 10.0 Å². The minimum Gasteiger partial charge on any atom is -0.372 e. The zero-order chi connectivity index (χ0) is 21.6. The van der Waals surface area contributed by atoms with Gasteiger partial charge in [-0.3, -0.25) is 20.4 Å². The maximum Gasteiger partial charge on any atom is 0.296 e. The van der Waals surface area contributed by atoms with Crippen LogP contribution in [0, 0.1) is 0 Å². The van der Waals surface area contributed by atoms with Crippen LogP contribution < -0.4 is 15.8 Å². The Balaban J connectivity index is 2.31. The van der Waals surface area contributed by atoms with Gasteiger partial charge in [-0.25, -0.2) is 0 Å². The van der Waals surface area contributed by atoms with E-state index in [9.17, 15) is 14.7 Å². The molecule has 2 amide bonds. The van der Waals surface area contributed by atoms with Gasteiger partial charge in [0.2, 0.25) is 0 Å². The number of hydrogen-bond donors (Lipinski definition) is 4. The molecule has 0 radical (unpaired) electrons. The molecule has 6 nitrogen and oxygen atoms in total. The molecule has 4 N–H and O–H groups in total. The number of carbonyl (C=O) groups excluding carboxylic acids is 2. The summed E-state index contributed by atoms with van der Waals surface area (Å²) in [6, 6.07) is 12.2. The molecule has 2 aromatic carbocycles. The van der Waals surface area contributed by atoms with Crippen LogP contribution in [0.3, 0.4) is 0 Å². The van der Waals surface area contributed by atoms with Crippen LogP contribution in [-0.2, 0) is 15.2 Å². The van der Waals surface area contributed by atoms with E-state index >= 15 is 0 Å². The minimum atomic E-state index is -2.08. The van der Waals surface area contributed by atoms with Gasteiger partial charge in [0.05, 0.1) is 13.1 Å². The van der Waals surface area contributed by atoms with E-state index in [1.54, 1.807) is 49.4 Å². The Hall–Kier alpha value is -2.12. The molecule has 0 bridgehead atoms. The summed E-state index contributed by atoms with van der Waals surface area (Å²) in [5.74, 6) is -1.15. The number of halogens is 2. The molecule has 2 rings (SSSR count). The van der Waals surface area contributed by atoms with Crippen molar-refractivity contribution in [2.24, 2.45) is 0 Å². The van der Waals surface area contributed by atoms with Crippen LogP contribution in [0.4, 0.5) is 0 Å². The van der Waals surface area contributed by atoms with Gasteiger partial charge < -0.3 is 10.0 Å². The van der Waals surface area contributed by atoms with E-state index in [0.717, 1.165) is 18.0 Å². The van der Waals surface area contributed by atoms with Crippen LogP contribution in [0.2, 0.25) is 10.0 Å². The van der Waals surface area contributed by atoms with Crippen LogP contribution in [0.5, 0.6) is 0 Å². The fourth-order valence-electron chi connectivity index (χ4n) is 3.20. The van der Waals surface area contributed by atoms with Gasteiger partial charge in [0.1, 0.15) is 0 Å². The Labute approximate surface area is 180 Å². The van der Waals surface area contributed by atoms with E-state index < -0.39 is 11.5 Å². The molecule has 0 unspecified atom stereocenters. The molecule has 0 heterocycles. The van der Waals surface area contributed by atoms with E-state index in [1.807, 2.05) is 13.8 Å². The van der Waals surface area contributed by atoms with Crippen molar-refractivity contribution in [3.05, 3.63) is 69.7 Å². The Kier molecular flexibility index (Phi) is 8.05. The van der Waals surface area contributed by atoms with Crippen LogP contribution in [0.15, 0.2) is 48.5 Å². The Morgan fingerprint density at radius 1 is 1.00 bits per heavy atom. The fraction of sp³-hybridized carbons (Fsp3) is 0.333. The van der Waals surface area contributed by atoms with Gasteiger partial charge in [-0.15, -0.1) is 0 Å². The number of nitrogens with one attached hydrogen (secondary N) is 3. The number of rotatable bonds is 7. The normalized spacial score (nSPS) is 14.2. The quantitative estimate of drug-likeness (QED) is 0.496. The third-order valence-corrected chi connectivity index (χ3v) is 5.53. The highest BCUT2D eigenvalue weighted by atomic mass is 35.5. The van der Waals surface area contributed by atoms with Crippen molar-refractivity contribution >= 4 is 35.0 Å². The summed E-state index contributed by atoms with van der Waals surface area (Å²) in [4.78, 5) is 26.5. The van der Waals surface area contributed by atoms with Gasteiger partial charge >= 0.3 is 0 Å². The van der Waals surface area contributed by atoms with Gasteiger partial charge in [-0.05, 0) is 56.2 Å². The van der Waals surface area contributed by atoms with Crippen molar-refractivity contribution in [2.75, 3.05) is 13.1 Å². The molecule has 2 atom stereocenters. The monoisotopic (exact) mass is 438 g/mol. The Morgan fingerprint density at radius 3 is 2.17 bits per heavy atom. The summed E-state index contributed by atoms with van der Waals surface area (Å²) >= 11 is 12.0. The molecule has 2 aromatic rings. The summed E-state index contributed by atoms with van der Waals surface area (Å²) in [5.41, 5.74) is 3.26. The Bertz CT molecular complexity index is 857. The number of carbonyl (C=O) groups is 2. The zero-order valence-corrected chi connectivity index (χ0v) is 18.1. The van der Waals surface area contributed by atoms with Crippen LogP contribution in [-0.4, -0.2) is 36.1 Å². The van der Waals surface area contributed by atoms with Crippen molar-refractivity contribution < 1.29 is 19.6 Å². The predicted molar refractivity (Wildman–Crippen MR) is 114 cm³/mol. The first-order chi connectivity index (χ1) is 13.7. The number of aliphatic hydroxyl groups is 1. The number of quaternary nitrogens is 1. The number of benzene rings is 2. The molecule has 0 aromatic heterocycles. The molecule has 8 heteroatoms. The number of hydrazine groups is 1. The SMILES string of the molecule is CC[NH+](CC)[C@H](C)C(=O)NNC(=O)[C@](O)(c1ccc(Cl)cc1)c1cccc(Cl)c1. The van der Waals surface area contributed by atoms with E-state index in [-0.39, 0.29) is 17.5 Å². The molecular formula is C21H26Cl2N3O3+. The Morgan fingerprint density at radius 2 is 1.62 bits per heavy atom. The molecule has 29 heavy (non-hydrogen) atoms. The van der Waals surface area contributed by atoms with Crippen LogP contribution in [0.25, 0.3) is 0 Å². The number of likely N-dealkylation sites (N-methyl/N-ethyl adjacent to an activating group) is 1. The number of hydrogen-bond acceptors (Lipinski definition) is 3. The average molecular weight is 439 g/mol. The van der Waals surface area contributed by atoms with Gasteiger partial charge in [-0.2, -0.15) is 0 Å². The second-order valence-corrected chi connectivity index (χ2v) is 7.63. The maximum atomic E-state index is 13.0. The van der Waals surface area contributed by atoms with Crippen molar-refractivity contribution in [1.82, 2.24) is 10.9 Å². The standard InChI is InChI=1S/C21H25Cl2N3O3/c1-4-26(5-2)14(3)19(27)24-25-20(28)21(29,15-9-11-17(22)12-10-15)16-7-6-8-18(23)13-16/h6-14,29H,4-5H2,1-3H3,(H,24,27)(H,25,28)/p+1/t14-,21+/m1/s1. The molecule has 0 spiro atoms. The molecule has 0 fully saturated rings. The second-order valence-electron chi connectivity index (χ2n) is 6.76. The molecule has 0 saturated carbocycles. The van der Waals surface area contributed by atoms with Crippen molar-refractivity contribution in [3.63, 3.8) is 0 Å². The lowest BCUT2D eigenvalue weighted by molar-refractivity contribution is -0.910. The van der Waals surface area contributed by atoms with E-state index in [4.69, 9.17) is 23.2 Å². The van der Waals surface area contributed by atoms with Crippen molar-refractivity contribution in [3.8, 4) is 0 Å². The molecule has 0 aliphatic heterocycles. The topological polar surface area (TPSA) is 82.9 Å². The maximum absolute atomic E-state index is 13.0. The predicted octanol–water partition coefficient (Wildman–Crippen LogP) is 1.69. The number of amides is 2.